The van der Waals surface area contributed by atoms with Gasteiger partial charge in [0.1, 0.15) is 12.4 Å². The van der Waals surface area contributed by atoms with E-state index >= 15 is 0 Å². The van der Waals surface area contributed by atoms with E-state index in [9.17, 15) is 13.2 Å². The molecule has 1 saturated carbocycles. The Hall–Kier alpha value is -2.63. The highest BCUT2D eigenvalue weighted by Gasteiger charge is 2.43. The van der Waals surface area contributed by atoms with Crippen molar-refractivity contribution in [2.45, 2.75) is 76.6 Å². The van der Waals surface area contributed by atoms with Crippen molar-refractivity contribution in [1.82, 2.24) is 9.62 Å². The fourth-order valence-corrected chi connectivity index (χ4v) is 8.86. The van der Waals surface area contributed by atoms with Gasteiger partial charge in [-0.25, -0.2) is 13.1 Å². The third-order valence-corrected chi connectivity index (χ3v) is 13.2. The van der Waals surface area contributed by atoms with Gasteiger partial charge in [-0.2, -0.15) is 0 Å². The lowest BCUT2D eigenvalue weighted by atomic mass is 9.66. The molecular weight excluding hydrogens is 650 g/mol. The molecule has 0 radical (unpaired) electrons. The van der Waals surface area contributed by atoms with Crippen LogP contribution in [0.1, 0.15) is 67.4 Å². The summed E-state index contributed by atoms with van der Waals surface area (Å²) in [4.78, 5) is 18.0. The molecular formula is C37H50ClN3O6S. The van der Waals surface area contributed by atoms with E-state index < -0.39 is 21.2 Å². The van der Waals surface area contributed by atoms with Crippen molar-refractivity contribution in [2.24, 2.45) is 23.7 Å². The van der Waals surface area contributed by atoms with Crippen LogP contribution in [0.25, 0.3) is 0 Å². The average molecular weight is 700 g/mol. The predicted molar refractivity (Wildman–Crippen MR) is 189 cm³/mol. The second kappa shape index (κ2) is 15.1. The normalized spacial score (nSPS) is 32.0. The summed E-state index contributed by atoms with van der Waals surface area (Å²) in [5.41, 5.74) is 3.37. The zero-order valence-corrected chi connectivity index (χ0v) is 30.1. The lowest BCUT2D eigenvalue weighted by Gasteiger charge is -2.47. The largest absolute Gasteiger partial charge is 0.487 e. The van der Waals surface area contributed by atoms with Gasteiger partial charge in [-0.05, 0) is 119 Å². The van der Waals surface area contributed by atoms with Crippen LogP contribution in [0.3, 0.4) is 0 Å². The number of fused-ring (bicyclic) bond motifs is 3. The van der Waals surface area contributed by atoms with Crippen LogP contribution in [0.2, 0.25) is 5.02 Å². The van der Waals surface area contributed by atoms with Crippen molar-refractivity contribution in [1.29, 1.82) is 0 Å². The summed E-state index contributed by atoms with van der Waals surface area (Å²) >= 11 is 6.37. The van der Waals surface area contributed by atoms with Crippen LogP contribution in [-0.4, -0.2) is 77.2 Å². The molecule has 3 aliphatic heterocycles. The number of carbonyl (C=O) groups is 1. The van der Waals surface area contributed by atoms with Crippen molar-refractivity contribution in [3.8, 4) is 5.75 Å². The summed E-state index contributed by atoms with van der Waals surface area (Å²) < 4.78 is 48.5. The number of nitrogens with one attached hydrogen (secondary N) is 1. The molecule has 2 bridgehead atoms. The molecule has 262 valence electrons. The Morgan fingerprint density at radius 3 is 2.52 bits per heavy atom. The second-order valence-corrected chi connectivity index (χ2v) is 16.8. The maximum Gasteiger partial charge on any atom is 0.264 e. The Bertz CT molecular complexity index is 1590. The van der Waals surface area contributed by atoms with E-state index in [2.05, 4.69) is 26.7 Å². The number of ether oxygens (including phenoxy) is 3. The quantitative estimate of drug-likeness (QED) is 0.379. The monoisotopic (exact) mass is 699 g/mol. The third kappa shape index (κ3) is 7.88. The summed E-state index contributed by atoms with van der Waals surface area (Å²) in [7, 11) is 0.150. The van der Waals surface area contributed by atoms with Gasteiger partial charge in [-0.15, -0.1) is 0 Å². The number of sulfonamides is 1. The topological polar surface area (TPSA) is 97.4 Å². The highest BCUT2D eigenvalue weighted by molar-refractivity contribution is 7.90. The van der Waals surface area contributed by atoms with Crippen LogP contribution in [0.15, 0.2) is 48.6 Å². The molecule has 5 atom stereocenters. The average Bonchev–Trinajstić information content (AvgIpc) is 3.08. The zero-order valence-electron chi connectivity index (χ0n) is 28.6. The van der Waals surface area contributed by atoms with Crippen LogP contribution >= 0.6 is 11.6 Å². The minimum absolute atomic E-state index is 0.0452. The standard InChI is InChI=1S/C37H50ClN3O6S/c1-24-8-7-10-33(37-46-22-31(23-47-37)40(3)4)32-15-12-28(32)20-41-17-6-5-9-26-18-30(38)14-11-29(26)21-45-35-16-13-27(19-34(35)41)36(42)39-48(43,44)25(24)2/h7,10-11,13-14,16,18-19,24-25,28,31-33,37H,5-6,8-9,12,15,17,20-23H2,1-4H3,(H,39,42)/b10-7+/t24-,25+,28-,31?,32+,33+,37?/m0/s1. The maximum absolute atomic E-state index is 13.5. The van der Waals surface area contributed by atoms with Crippen LogP contribution in [0, 0.1) is 23.7 Å². The van der Waals surface area contributed by atoms with Crippen LogP contribution in [-0.2, 0) is 32.5 Å². The number of rotatable bonds is 2. The number of anilines is 1. The molecule has 2 fully saturated rings. The molecule has 4 aliphatic rings. The first-order valence-corrected chi connectivity index (χ1v) is 19.3. The van der Waals surface area contributed by atoms with E-state index in [1.807, 2.05) is 39.2 Å². The number of hydrogen-bond acceptors (Lipinski definition) is 8. The Balaban J connectivity index is 1.36. The SMILES string of the molecule is C[C@@H]1[C@@H](C)C/C=C/[C@@H](C2OCC(N(C)C)CO2)[C@@H]2CC[C@H]2CN2CCCCc3cc(Cl)ccc3COc3ccc(cc32)C(=O)NS1(=O)=O. The number of benzene rings is 2. The van der Waals surface area contributed by atoms with E-state index in [4.69, 9.17) is 25.8 Å². The van der Waals surface area contributed by atoms with E-state index in [0.717, 1.165) is 56.4 Å². The second-order valence-electron chi connectivity index (χ2n) is 14.3. The first-order valence-electron chi connectivity index (χ1n) is 17.4. The molecule has 1 saturated heterocycles. The molecule has 1 N–H and O–H groups in total. The number of halogens is 1. The van der Waals surface area contributed by atoms with Crippen molar-refractivity contribution in [3.05, 3.63) is 70.3 Å². The lowest BCUT2D eigenvalue weighted by Crippen LogP contribution is -2.50. The molecule has 48 heavy (non-hydrogen) atoms. The summed E-state index contributed by atoms with van der Waals surface area (Å²) in [6.07, 6.45) is 9.48. The summed E-state index contributed by atoms with van der Waals surface area (Å²) in [6.45, 7) is 6.73. The van der Waals surface area contributed by atoms with Gasteiger partial charge in [-0.1, -0.05) is 36.7 Å². The fourth-order valence-electron chi connectivity index (χ4n) is 7.38. The minimum atomic E-state index is -3.94. The summed E-state index contributed by atoms with van der Waals surface area (Å²) in [6, 6.07) is 11.4. The number of nitrogens with zero attached hydrogens (tertiary/aromatic N) is 2. The van der Waals surface area contributed by atoms with Gasteiger partial charge >= 0.3 is 0 Å². The zero-order chi connectivity index (χ0) is 34.0. The first-order chi connectivity index (χ1) is 23.0. The number of amides is 1. The van der Waals surface area contributed by atoms with Gasteiger partial charge in [0.25, 0.3) is 5.91 Å². The Kier molecular flexibility index (Phi) is 11.1. The Morgan fingerprint density at radius 1 is 1.00 bits per heavy atom. The summed E-state index contributed by atoms with van der Waals surface area (Å²) in [5.74, 6) is 0.599. The number of likely N-dealkylation sites (N-methyl/N-ethyl adjacent to an activating group) is 1. The maximum atomic E-state index is 13.5. The molecule has 0 unspecified atom stereocenters. The predicted octanol–water partition coefficient (Wildman–Crippen LogP) is 6.05. The van der Waals surface area contributed by atoms with Crippen molar-refractivity contribution < 1.29 is 27.4 Å². The first kappa shape index (κ1) is 35.2. The number of carbonyl (C=O) groups excluding carboxylic acids is 1. The molecule has 2 aromatic carbocycles. The molecule has 9 nitrogen and oxygen atoms in total. The Labute approximate surface area is 291 Å². The van der Waals surface area contributed by atoms with Gasteiger partial charge in [0.15, 0.2) is 6.29 Å². The molecule has 3 heterocycles. The highest BCUT2D eigenvalue weighted by atomic mass is 35.5. The third-order valence-electron chi connectivity index (χ3n) is 11.0. The molecule has 11 heteroatoms. The molecule has 1 aliphatic carbocycles. The minimum Gasteiger partial charge on any atom is -0.487 e. The van der Waals surface area contributed by atoms with Gasteiger partial charge in [0, 0.05) is 29.6 Å². The van der Waals surface area contributed by atoms with Crippen LogP contribution < -0.4 is 14.4 Å². The lowest BCUT2D eigenvalue weighted by molar-refractivity contribution is -0.230. The molecule has 6 rings (SSSR count). The van der Waals surface area contributed by atoms with E-state index in [1.165, 1.54) is 5.56 Å². The van der Waals surface area contributed by atoms with Gasteiger partial charge in [0.05, 0.1) is 30.2 Å². The van der Waals surface area contributed by atoms with E-state index in [1.54, 1.807) is 25.1 Å². The highest BCUT2D eigenvalue weighted by Crippen LogP contribution is 2.45. The molecule has 2 aromatic rings. The number of hydrogen-bond donors (Lipinski definition) is 1. The van der Waals surface area contributed by atoms with E-state index in [-0.39, 0.29) is 24.2 Å². The van der Waals surface area contributed by atoms with Crippen LogP contribution in [0.5, 0.6) is 5.75 Å². The smallest absolute Gasteiger partial charge is 0.264 e. The van der Waals surface area contributed by atoms with Crippen LogP contribution in [0.4, 0.5) is 5.69 Å². The molecule has 0 spiro atoms. The van der Waals surface area contributed by atoms with Gasteiger partial charge in [0.2, 0.25) is 10.0 Å². The van der Waals surface area contributed by atoms with Gasteiger partial charge in [-0.3, -0.25) is 4.79 Å². The van der Waals surface area contributed by atoms with Crippen molar-refractivity contribution in [3.63, 3.8) is 0 Å². The number of allylic oxidation sites excluding steroid dienone is 1. The van der Waals surface area contributed by atoms with Gasteiger partial charge < -0.3 is 24.0 Å². The van der Waals surface area contributed by atoms with E-state index in [0.29, 0.717) is 54.4 Å². The number of aryl methyl sites for hydroxylation is 1. The molecule has 1 amide bonds. The fraction of sp³-hybridized carbons (Fsp3) is 0.595. The van der Waals surface area contributed by atoms with Crippen molar-refractivity contribution in [2.75, 3.05) is 45.3 Å². The molecule has 0 aromatic heterocycles. The van der Waals surface area contributed by atoms with Crippen molar-refractivity contribution >= 4 is 33.2 Å². The Morgan fingerprint density at radius 2 is 1.79 bits per heavy atom. The summed E-state index contributed by atoms with van der Waals surface area (Å²) in [5, 5.41) is -0.0580.